The Labute approximate surface area is 140 Å². The number of phenols is 1. The Bertz CT molecular complexity index is 909. The van der Waals surface area contributed by atoms with Crippen LogP contribution in [0.3, 0.4) is 0 Å². The first-order valence-electron chi connectivity index (χ1n) is 6.81. The number of nitrogens with one attached hydrogen (secondary N) is 1. The number of hydrogen-bond acceptors (Lipinski definition) is 4. The SMILES string of the molecule is O=C(N/N=C/c1ccc2cccc(O)c2n1)c1cccc(Br)c1. The van der Waals surface area contributed by atoms with Crippen LogP contribution in [0, 0.1) is 0 Å². The summed E-state index contributed by atoms with van der Waals surface area (Å²) in [6, 6.07) is 15.8. The van der Waals surface area contributed by atoms with Crippen molar-refractivity contribution in [1.82, 2.24) is 10.4 Å². The van der Waals surface area contributed by atoms with Gasteiger partial charge in [0, 0.05) is 15.4 Å². The number of para-hydroxylation sites is 1. The molecule has 114 valence electrons. The maximum atomic E-state index is 11.9. The maximum absolute atomic E-state index is 11.9. The average molecular weight is 370 g/mol. The Morgan fingerprint density at radius 1 is 1.17 bits per heavy atom. The molecule has 0 aliphatic rings. The minimum Gasteiger partial charge on any atom is -0.506 e. The van der Waals surface area contributed by atoms with Gasteiger partial charge in [0.25, 0.3) is 5.91 Å². The summed E-state index contributed by atoms with van der Waals surface area (Å²) in [6.45, 7) is 0. The van der Waals surface area contributed by atoms with Gasteiger partial charge in [-0.25, -0.2) is 10.4 Å². The summed E-state index contributed by atoms with van der Waals surface area (Å²) in [7, 11) is 0. The Morgan fingerprint density at radius 3 is 2.83 bits per heavy atom. The number of fused-ring (bicyclic) bond motifs is 1. The Morgan fingerprint density at radius 2 is 2.00 bits per heavy atom. The summed E-state index contributed by atoms with van der Waals surface area (Å²) in [4.78, 5) is 16.2. The zero-order chi connectivity index (χ0) is 16.2. The maximum Gasteiger partial charge on any atom is 0.271 e. The minimum absolute atomic E-state index is 0.107. The van der Waals surface area contributed by atoms with Crippen LogP contribution in [0.4, 0.5) is 0 Å². The second-order valence-corrected chi connectivity index (χ2v) is 5.71. The summed E-state index contributed by atoms with van der Waals surface area (Å²) in [5.41, 5.74) is 3.98. The number of amides is 1. The van der Waals surface area contributed by atoms with Crippen LogP contribution in [0.15, 0.2) is 64.2 Å². The lowest BCUT2D eigenvalue weighted by molar-refractivity contribution is 0.0955. The van der Waals surface area contributed by atoms with E-state index in [1.54, 1.807) is 36.4 Å². The number of benzene rings is 2. The van der Waals surface area contributed by atoms with Gasteiger partial charge in [0.1, 0.15) is 11.3 Å². The highest BCUT2D eigenvalue weighted by atomic mass is 79.9. The molecule has 1 amide bonds. The van der Waals surface area contributed by atoms with Crippen molar-refractivity contribution in [3.63, 3.8) is 0 Å². The van der Waals surface area contributed by atoms with E-state index in [9.17, 15) is 9.90 Å². The highest BCUT2D eigenvalue weighted by Gasteiger charge is 2.04. The van der Waals surface area contributed by atoms with E-state index in [0.717, 1.165) is 9.86 Å². The van der Waals surface area contributed by atoms with Gasteiger partial charge < -0.3 is 5.11 Å². The topological polar surface area (TPSA) is 74.6 Å². The zero-order valence-electron chi connectivity index (χ0n) is 11.9. The molecule has 23 heavy (non-hydrogen) atoms. The molecular weight excluding hydrogens is 358 g/mol. The number of nitrogens with zero attached hydrogens (tertiary/aromatic N) is 2. The summed E-state index contributed by atoms with van der Waals surface area (Å²) in [5, 5.41) is 14.5. The molecule has 2 N–H and O–H groups in total. The van der Waals surface area contributed by atoms with Crippen LogP contribution in [-0.2, 0) is 0 Å². The van der Waals surface area contributed by atoms with Gasteiger partial charge in [-0.1, -0.05) is 40.2 Å². The molecule has 0 unspecified atom stereocenters. The van der Waals surface area contributed by atoms with Gasteiger partial charge in [0.15, 0.2) is 0 Å². The molecule has 1 aromatic heterocycles. The number of phenolic OH excluding ortho intramolecular Hbond substituents is 1. The standard InChI is InChI=1S/C17H12BrN3O2/c18-13-5-1-4-12(9-13)17(23)21-19-10-14-8-7-11-3-2-6-15(22)16(11)20-14/h1-10,22H,(H,21,23)/b19-10+. The van der Waals surface area contributed by atoms with Crippen LogP contribution in [0.25, 0.3) is 10.9 Å². The predicted octanol–water partition coefficient (Wildman–Crippen LogP) is 3.47. The summed E-state index contributed by atoms with van der Waals surface area (Å²) in [6.07, 6.45) is 1.43. The molecule has 0 spiro atoms. The van der Waals surface area contributed by atoms with Crippen LogP contribution in [0.5, 0.6) is 5.75 Å². The Kier molecular flexibility index (Phi) is 4.34. The van der Waals surface area contributed by atoms with E-state index >= 15 is 0 Å². The molecule has 0 saturated carbocycles. The highest BCUT2D eigenvalue weighted by Crippen LogP contribution is 2.21. The number of carbonyl (C=O) groups excluding carboxylic acids is 1. The Hall–Kier alpha value is -2.73. The van der Waals surface area contributed by atoms with Gasteiger partial charge in [-0.2, -0.15) is 5.10 Å². The number of hydrogen-bond donors (Lipinski definition) is 2. The van der Waals surface area contributed by atoms with Crippen LogP contribution in [0.1, 0.15) is 16.1 Å². The van der Waals surface area contributed by atoms with E-state index in [0.29, 0.717) is 16.8 Å². The molecule has 3 aromatic rings. The quantitative estimate of drug-likeness (QED) is 0.548. The minimum atomic E-state index is -0.314. The number of carbonyl (C=O) groups is 1. The average Bonchev–Trinajstić information content (AvgIpc) is 2.55. The molecule has 0 aliphatic heterocycles. The fourth-order valence-corrected chi connectivity index (χ4v) is 2.47. The normalized spacial score (nSPS) is 11.0. The van der Waals surface area contributed by atoms with Crippen molar-refractivity contribution in [3.8, 4) is 5.75 Å². The van der Waals surface area contributed by atoms with Crippen LogP contribution in [-0.4, -0.2) is 22.2 Å². The number of aromatic hydroxyl groups is 1. The third kappa shape index (κ3) is 3.54. The number of pyridine rings is 1. The molecule has 0 atom stereocenters. The van der Waals surface area contributed by atoms with Crippen molar-refractivity contribution in [3.05, 3.63) is 70.3 Å². The molecule has 3 rings (SSSR count). The lowest BCUT2D eigenvalue weighted by Gasteiger charge is -2.02. The molecule has 0 saturated heterocycles. The molecule has 0 radical (unpaired) electrons. The molecule has 0 fully saturated rings. The van der Waals surface area contributed by atoms with Crippen molar-refractivity contribution < 1.29 is 9.90 Å². The summed E-state index contributed by atoms with van der Waals surface area (Å²) in [5.74, 6) is -0.206. The van der Waals surface area contributed by atoms with Crippen molar-refractivity contribution >= 4 is 39.0 Å². The molecule has 0 bridgehead atoms. The monoisotopic (exact) mass is 369 g/mol. The van der Waals surface area contributed by atoms with E-state index in [4.69, 9.17) is 0 Å². The van der Waals surface area contributed by atoms with Crippen LogP contribution < -0.4 is 5.43 Å². The van der Waals surface area contributed by atoms with E-state index in [2.05, 4.69) is 31.4 Å². The van der Waals surface area contributed by atoms with Crippen molar-refractivity contribution in [2.45, 2.75) is 0 Å². The Balaban J connectivity index is 1.75. The molecule has 2 aromatic carbocycles. The van der Waals surface area contributed by atoms with Crippen LogP contribution >= 0.6 is 15.9 Å². The second-order valence-electron chi connectivity index (χ2n) is 4.79. The third-order valence-electron chi connectivity index (χ3n) is 3.17. The van der Waals surface area contributed by atoms with Gasteiger partial charge in [-0.05, 0) is 30.3 Å². The zero-order valence-corrected chi connectivity index (χ0v) is 13.5. The number of rotatable bonds is 3. The van der Waals surface area contributed by atoms with E-state index in [1.807, 2.05) is 18.2 Å². The predicted molar refractivity (Wildman–Crippen MR) is 92.6 cm³/mol. The third-order valence-corrected chi connectivity index (χ3v) is 3.66. The molecular formula is C17H12BrN3O2. The van der Waals surface area contributed by atoms with Crippen molar-refractivity contribution in [1.29, 1.82) is 0 Å². The van der Waals surface area contributed by atoms with Gasteiger partial charge in [0.2, 0.25) is 0 Å². The number of hydrazone groups is 1. The number of aromatic nitrogens is 1. The fourth-order valence-electron chi connectivity index (χ4n) is 2.07. The van der Waals surface area contributed by atoms with Gasteiger partial charge in [-0.3, -0.25) is 4.79 Å². The first kappa shape index (κ1) is 15.2. The van der Waals surface area contributed by atoms with E-state index in [-0.39, 0.29) is 11.7 Å². The molecule has 0 aliphatic carbocycles. The first-order chi connectivity index (χ1) is 11.1. The van der Waals surface area contributed by atoms with Crippen LogP contribution in [0.2, 0.25) is 0 Å². The van der Waals surface area contributed by atoms with E-state index < -0.39 is 0 Å². The van der Waals surface area contributed by atoms with Gasteiger partial charge in [-0.15, -0.1) is 0 Å². The smallest absolute Gasteiger partial charge is 0.271 e. The molecule has 1 heterocycles. The van der Waals surface area contributed by atoms with Gasteiger partial charge >= 0.3 is 0 Å². The molecule has 6 heteroatoms. The van der Waals surface area contributed by atoms with Gasteiger partial charge in [0.05, 0.1) is 11.9 Å². The lowest BCUT2D eigenvalue weighted by Crippen LogP contribution is -2.17. The fraction of sp³-hybridized carbons (Fsp3) is 0. The highest BCUT2D eigenvalue weighted by molar-refractivity contribution is 9.10. The summed E-state index contributed by atoms with van der Waals surface area (Å²) < 4.78 is 0.820. The number of halogens is 1. The lowest BCUT2D eigenvalue weighted by atomic mass is 10.2. The first-order valence-corrected chi connectivity index (χ1v) is 7.60. The summed E-state index contributed by atoms with van der Waals surface area (Å²) >= 11 is 3.31. The molecule has 5 nitrogen and oxygen atoms in total. The van der Waals surface area contributed by atoms with E-state index in [1.165, 1.54) is 6.21 Å². The van der Waals surface area contributed by atoms with Crippen molar-refractivity contribution in [2.75, 3.05) is 0 Å². The largest absolute Gasteiger partial charge is 0.506 e. The second kappa shape index (κ2) is 6.58. The van der Waals surface area contributed by atoms with Crippen molar-refractivity contribution in [2.24, 2.45) is 5.10 Å².